The second kappa shape index (κ2) is 9.14. The van der Waals surface area contributed by atoms with Crippen molar-refractivity contribution < 1.29 is 31.1 Å². The van der Waals surface area contributed by atoms with Gasteiger partial charge in [0.2, 0.25) is 16.0 Å². The maximum atomic E-state index is 12.9. The third kappa shape index (κ3) is 5.25. The Morgan fingerprint density at radius 3 is 2.35 bits per heavy atom. The van der Waals surface area contributed by atoms with E-state index in [2.05, 4.69) is 14.7 Å². The molecule has 4 rings (SSSR count). The monoisotopic (exact) mass is 497 g/mol. The number of fused-ring (bicyclic) bond motifs is 1. The van der Waals surface area contributed by atoms with Gasteiger partial charge in [-0.15, -0.1) is 13.2 Å². The van der Waals surface area contributed by atoms with E-state index in [0.29, 0.717) is 36.1 Å². The first-order valence-corrected chi connectivity index (χ1v) is 11.8. The van der Waals surface area contributed by atoms with Gasteiger partial charge >= 0.3 is 6.36 Å². The summed E-state index contributed by atoms with van der Waals surface area (Å²) in [4.78, 5) is 8.03. The molecular weight excluding hydrogens is 475 g/mol. The number of nitrogens with zero attached hydrogens (tertiary/aromatic N) is 3. The van der Waals surface area contributed by atoms with Gasteiger partial charge in [0.05, 0.1) is 22.4 Å². The largest absolute Gasteiger partial charge is 0.573 e. The first-order chi connectivity index (χ1) is 16.0. The Morgan fingerprint density at radius 2 is 1.71 bits per heavy atom. The van der Waals surface area contributed by atoms with Crippen molar-refractivity contribution in [1.82, 2.24) is 14.3 Å². The number of nitrogen functional groups attached to an aromatic ring is 2. The Morgan fingerprint density at radius 1 is 1.03 bits per heavy atom. The number of rotatable bonds is 6. The number of halogens is 3. The van der Waals surface area contributed by atoms with Gasteiger partial charge in [0.1, 0.15) is 17.3 Å². The van der Waals surface area contributed by atoms with Gasteiger partial charge in [-0.1, -0.05) is 6.07 Å². The van der Waals surface area contributed by atoms with E-state index in [0.717, 1.165) is 24.3 Å². The molecule has 2 heterocycles. The maximum Gasteiger partial charge on any atom is 0.573 e. The molecule has 9 nitrogen and oxygen atoms in total. The van der Waals surface area contributed by atoms with E-state index in [9.17, 15) is 21.6 Å². The van der Waals surface area contributed by atoms with Crippen LogP contribution in [0.5, 0.6) is 11.5 Å². The summed E-state index contributed by atoms with van der Waals surface area (Å²) in [6.45, 7) is 0.864. The van der Waals surface area contributed by atoms with Crippen molar-refractivity contribution >= 4 is 32.7 Å². The predicted molar refractivity (Wildman–Crippen MR) is 118 cm³/mol. The molecule has 2 aromatic carbocycles. The van der Waals surface area contributed by atoms with Crippen LogP contribution in [0, 0.1) is 5.92 Å². The molecule has 1 aromatic heterocycles. The molecule has 13 heteroatoms. The molecule has 0 radical (unpaired) electrons. The summed E-state index contributed by atoms with van der Waals surface area (Å²) in [6.07, 6.45) is -3.74. The van der Waals surface area contributed by atoms with E-state index < -0.39 is 22.1 Å². The van der Waals surface area contributed by atoms with Crippen LogP contribution in [0.4, 0.5) is 24.9 Å². The van der Waals surface area contributed by atoms with Crippen LogP contribution in [0.3, 0.4) is 0 Å². The normalized spacial score (nSPS) is 16.0. The predicted octanol–water partition coefficient (Wildman–Crippen LogP) is 3.17. The molecule has 1 fully saturated rings. The van der Waals surface area contributed by atoms with Crippen LogP contribution in [0.2, 0.25) is 0 Å². The van der Waals surface area contributed by atoms with Crippen molar-refractivity contribution in [1.29, 1.82) is 0 Å². The highest BCUT2D eigenvalue weighted by Gasteiger charge is 2.32. The number of hydrogen-bond donors (Lipinski definition) is 2. The van der Waals surface area contributed by atoms with E-state index in [1.54, 1.807) is 18.2 Å². The summed E-state index contributed by atoms with van der Waals surface area (Å²) in [5, 5.41) is 0.565. The lowest BCUT2D eigenvalue weighted by atomic mass is 9.99. The summed E-state index contributed by atoms with van der Waals surface area (Å²) in [5.74, 6) is 0.416. The van der Waals surface area contributed by atoms with Crippen LogP contribution in [0.1, 0.15) is 12.8 Å². The maximum absolute atomic E-state index is 12.9. The van der Waals surface area contributed by atoms with Crippen LogP contribution in [-0.4, -0.2) is 48.7 Å². The van der Waals surface area contributed by atoms with Crippen LogP contribution >= 0.6 is 0 Å². The highest BCUT2D eigenvalue weighted by Crippen LogP contribution is 2.31. The van der Waals surface area contributed by atoms with Crippen molar-refractivity contribution in [3.05, 3.63) is 42.5 Å². The molecule has 0 aliphatic carbocycles. The topological polar surface area (TPSA) is 134 Å². The van der Waals surface area contributed by atoms with Gasteiger partial charge in [-0.2, -0.15) is 9.29 Å². The van der Waals surface area contributed by atoms with E-state index in [-0.39, 0.29) is 35.7 Å². The van der Waals surface area contributed by atoms with E-state index >= 15 is 0 Å². The molecule has 1 aliphatic rings. The smallest absolute Gasteiger partial charge is 0.492 e. The van der Waals surface area contributed by atoms with Crippen molar-refractivity contribution in [2.24, 2.45) is 5.92 Å². The van der Waals surface area contributed by atoms with Gasteiger partial charge in [-0.3, -0.25) is 0 Å². The second-order valence-corrected chi connectivity index (χ2v) is 9.73. The Kier molecular flexibility index (Phi) is 6.41. The summed E-state index contributed by atoms with van der Waals surface area (Å²) in [5.41, 5.74) is 12.2. The zero-order valence-electron chi connectivity index (χ0n) is 17.8. The first-order valence-electron chi connectivity index (χ1n) is 10.3. The average Bonchev–Trinajstić information content (AvgIpc) is 2.77. The Labute approximate surface area is 193 Å². The van der Waals surface area contributed by atoms with E-state index in [1.165, 1.54) is 4.31 Å². The lowest BCUT2D eigenvalue weighted by Crippen LogP contribution is -2.39. The van der Waals surface area contributed by atoms with Gasteiger partial charge in [-0.25, -0.2) is 13.4 Å². The minimum absolute atomic E-state index is 0.0678. The summed E-state index contributed by atoms with van der Waals surface area (Å²) >= 11 is 0. The van der Waals surface area contributed by atoms with E-state index in [4.69, 9.17) is 16.2 Å². The van der Waals surface area contributed by atoms with Gasteiger partial charge < -0.3 is 20.9 Å². The van der Waals surface area contributed by atoms with Crippen molar-refractivity contribution in [2.75, 3.05) is 31.2 Å². The summed E-state index contributed by atoms with van der Waals surface area (Å²) < 4.78 is 73.7. The molecule has 182 valence electrons. The van der Waals surface area contributed by atoms with Crippen molar-refractivity contribution in [2.45, 2.75) is 24.1 Å². The zero-order valence-corrected chi connectivity index (χ0v) is 18.6. The SMILES string of the molecule is Nc1nc(N)c2c(OCC3CCN(S(=O)(=O)c4ccc(OC(F)(F)F)cc4)CC3)cccc2n1. The molecule has 4 N–H and O–H groups in total. The number of ether oxygens (including phenoxy) is 2. The number of anilines is 2. The van der Waals surface area contributed by atoms with E-state index in [1.807, 2.05) is 0 Å². The third-order valence-electron chi connectivity index (χ3n) is 5.47. The highest BCUT2D eigenvalue weighted by atomic mass is 32.2. The van der Waals surface area contributed by atoms with Crippen LogP contribution < -0.4 is 20.9 Å². The van der Waals surface area contributed by atoms with Crippen LogP contribution in [0.25, 0.3) is 10.9 Å². The number of nitrogens with two attached hydrogens (primary N) is 2. The Hall–Kier alpha value is -3.32. The standard InChI is InChI=1S/C21H22F3N5O4S/c22-21(23,24)33-14-4-6-15(7-5-14)34(30,31)29-10-8-13(9-11-29)12-32-17-3-1-2-16-18(17)19(25)28-20(26)27-16/h1-7,13H,8-12H2,(H4,25,26,27,28). The second-order valence-electron chi connectivity index (χ2n) is 7.79. The van der Waals surface area contributed by atoms with Crippen molar-refractivity contribution in [3.8, 4) is 11.5 Å². The molecule has 1 aliphatic heterocycles. The summed E-state index contributed by atoms with van der Waals surface area (Å²) in [6, 6.07) is 9.44. The van der Waals surface area contributed by atoms with Gasteiger partial charge in [-0.05, 0) is 55.2 Å². The minimum atomic E-state index is -4.84. The number of sulfonamides is 1. The molecule has 0 bridgehead atoms. The molecule has 0 amide bonds. The Bertz CT molecular complexity index is 1280. The third-order valence-corrected chi connectivity index (χ3v) is 7.39. The molecule has 34 heavy (non-hydrogen) atoms. The summed E-state index contributed by atoms with van der Waals surface area (Å²) in [7, 11) is -3.84. The van der Waals surface area contributed by atoms with Crippen molar-refractivity contribution in [3.63, 3.8) is 0 Å². The Balaban J connectivity index is 1.37. The van der Waals surface area contributed by atoms with Gasteiger partial charge in [0, 0.05) is 13.1 Å². The number of piperidine rings is 1. The molecule has 1 saturated heterocycles. The van der Waals surface area contributed by atoms with Gasteiger partial charge in [0.25, 0.3) is 0 Å². The molecule has 0 unspecified atom stereocenters. The van der Waals surface area contributed by atoms with Crippen LogP contribution in [-0.2, 0) is 10.0 Å². The number of aromatic nitrogens is 2. The number of benzene rings is 2. The van der Waals surface area contributed by atoms with Crippen LogP contribution in [0.15, 0.2) is 47.4 Å². The fourth-order valence-corrected chi connectivity index (χ4v) is 5.27. The van der Waals surface area contributed by atoms with Gasteiger partial charge in [0.15, 0.2) is 0 Å². The first kappa shape index (κ1) is 23.8. The lowest BCUT2D eigenvalue weighted by Gasteiger charge is -2.31. The number of hydrogen-bond acceptors (Lipinski definition) is 8. The number of alkyl halides is 3. The highest BCUT2D eigenvalue weighted by molar-refractivity contribution is 7.89. The quantitative estimate of drug-likeness (QED) is 0.531. The minimum Gasteiger partial charge on any atom is -0.492 e. The molecule has 0 atom stereocenters. The zero-order chi connectivity index (χ0) is 24.5. The average molecular weight is 497 g/mol. The lowest BCUT2D eigenvalue weighted by molar-refractivity contribution is -0.274. The fourth-order valence-electron chi connectivity index (χ4n) is 3.80. The molecular formula is C21H22F3N5O4S. The molecule has 3 aromatic rings. The molecule has 0 saturated carbocycles. The molecule has 0 spiro atoms. The fraction of sp³-hybridized carbons (Fsp3) is 0.333.